The Morgan fingerprint density at radius 3 is 2.53 bits per heavy atom. The molecule has 0 aliphatic heterocycles. The minimum absolute atomic E-state index is 0.279. The lowest BCUT2D eigenvalue weighted by Crippen LogP contribution is -2.21. The van der Waals surface area contributed by atoms with E-state index in [0.717, 1.165) is 19.3 Å². The molecule has 1 aromatic rings. The van der Waals surface area contributed by atoms with Crippen LogP contribution in [0.1, 0.15) is 43.4 Å². The minimum Gasteiger partial charge on any atom is -0.324 e. The van der Waals surface area contributed by atoms with Gasteiger partial charge >= 0.3 is 0 Å². The van der Waals surface area contributed by atoms with E-state index < -0.39 is 11.6 Å². The largest absolute Gasteiger partial charge is 0.324 e. The van der Waals surface area contributed by atoms with Crippen LogP contribution in [-0.2, 0) is 0 Å². The third kappa shape index (κ3) is 2.34. The predicted molar refractivity (Wildman–Crippen MR) is 64.5 cm³/mol. The van der Waals surface area contributed by atoms with Crippen LogP contribution in [0.3, 0.4) is 0 Å². The zero-order valence-electron chi connectivity index (χ0n) is 10.3. The standard InChI is InChI=1S/C14H19F2N/c1-8-3-5-10(7-8)14(17)11-6-4-9(2)12(15)13(11)16/h4,6,8,10,14H,3,5,7,17H2,1-2H3. The van der Waals surface area contributed by atoms with E-state index in [4.69, 9.17) is 5.73 Å². The van der Waals surface area contributed by atoms with Crippen LogP contribution in [0.4, 0.5) is 8.78 Å². The molecule has 1 saturated carbocycles. The van der Waals surface area contributed by atoms with E-state index in [-0.39, 0.29) is 12.0 Å². The Bertz CT molecular complexity index is 417. The first-order chi connectivity index (χ1) is 8.00. The molecule has 0 spiro atoms. The summed E-state index contributed by atoms with van der Waals surface area (Å²) in [7, 11) is 0. The molecule has 94 valence electrons. The Kier molecular flexibility index (Phi) is 3.48. The zero-order valence-corrected chi connectivity index (χ0v) is 10.3. The molecule has 1 nitrogen and oxygen atoms in total. The second kappa shape index (κ2) is 4.73. The van der Waals surface area contributed by atoms with Crippen LogP contribution < -0.4 is 5.73 Å². The molecule has 0 heterocycles. The molecule has 2 rings (SSSR count). The van der Waals surface area contributed by atoms with Crippen molar-refractivity contribution in [2.45, 2.75) is 39.2 Å². The van der Waals surface area contributed by atoms with Crippen LogP contribution in [-0.4, -0.2) is 0 Å². The summed E-state index contributed by atoms with van der Waals surface area (Å²) in [5, 5.41) is 0. The summed E-state index contributed by atoms with van der Waals surface area (Å²) >= 11 is 0. The van der Waals surface area contributed by atoms with Crippen LogP contribution >= 0.6 is 0 Å². The minimum atomic E-state index is -0.767. The van der Waals surface area contributed by atoms with Crippen LogP contribution in [0.25, 0.3) is 0 Å². The van der Waals surface area contributed by atoms with Gasteiger partial charge in [0, 0.05) is 11.6 Å². The Hall–Kier alpha value is -0.960. The van der Waals surface area contributed by atoms with Gasteiger partial charge in [0.05, 0.1) is 0 Å². The van der Waals surface area contributed by atoms with Crippen molar-refractivity contribution < 1.29 is 8.78 Å². The van der Waals surface area contributed by atoms with Crippen LogP contribution in [0.5, 0.6) is 0 Å². The Balaban J connectivity index is 2.25. The third-order valence-electron chi connectivity index (χ3n) is 3.91. The van der Waals surface area contributed by atoms with Crippen molar-refractivity contribution in [2.75, 3.05) is 0 Å². The summed E-state index contributed by atoms with van der Waals surface area (Å²) in [5.74, 6) is -0.605. The fraction of sp³-hybridized carbons (Fsp3) is 0.571. The highest BCUT2D eigenvalue weighted by Gasteiger charge is 2.29. The highest BCUT2D eigenvalue weighted by atomic mass is 19.2. The summed E-state index contributed by atoms with van der Waals surface area (Å²) in [4.78, 5) is 0. The molecule has 2 N–H and O–H groups in total. The number of halogens is 2. The Morgan fingerprint density at radius 2 is 1.94 bits per heavy atom. The smallest absolute Gasteiger partial charge is 0.163 e. The van der Waals surface area contributed by atoms with Crippen molar-refractivity contribution in [1.82, 2.24) is 0 Å². The van der Waals surface area contributed by atoms with Crippen molar-refractivity contribution >= 4 is 0 Å². The van der Waals surface area contributed by atoms with Crippen LogP contribution in [0, 0.1) is 30.4 Å². The molecule has 3 atom stereocenters. The molecule has 3 unspecified atom stereocenters. The molecule has 1 aliphatic rings. The first-order valence-corrected chi connectivity index (χ1v) is 6.20. The molecule has 0 amide bonds. The molecule has 17 heavy (non-hydrogen) atoms. The van der Waals surface area contributed by atoms with Gasteiger partial charge in [-0.1, -0.05) is 25.5 Å². The van der Waals surface area contributed by atoms with E-state index in [1.165, 1.54) is 0 Å². The number of nitrogens with two attached hydrogens (primary N) is 1. The maximum Gasteiger partial charge on any atom is 0.163 e. The number of hydrogen-bond donors (Lipinski definition) is 1. The normalized spacial score (nSPS) is 26.2. The summed E-state index contributed by atoms with van der Waals surface area (Å²) < 4.78 is 27.3. The van der Waals surface area contributed by atoms with E-state index >= 15 is 0 Å². The van der Waals surface area contributed by atoms with E-state index in [2.05, 4.69) is 6.92 Å². The fourth-order valence-electron chi connectivity index (χ4n) is 2.75. The lowest BCUT2D eigenvalue weighted by Gasteiger charge is -2.20. The Labute approximate surface area is 101 Å². The molecule has 0 radical (unpaired) electrons. The van der Waals surface area contributed by atoms with Gasteiger partial charge in [-0.05, 0) is 37.2 Å². The topological polar surface area (TPSA) is 26.0 Å². The monoisotopic (exact) mass is 239 g/mol. The average molecular weight is 239 g/mol. The average Bonchev–Trinajstić information content (AvgIpc) is 2.72. The lowest BCUT2D eigenvalue weighted by molar-refractivity contribution is 0.404. The van der Waals surface area contributed by atoms with Crippen molar-refractivity contribution in [2.24, 2.45) is 17.6 Å². The van der Waals surface area contributed by atoms with Crippen LogP contribution in [0.15, 0.2) is 12.1 Å². The van der Waals surface area contributed by atoms with Gasteiger partial charge in [-0.15, -0.1) is 0 Å². The number of aryl methyl sites for hydroxylation is 1. The maximum absolute atomic E-state index is 13.8. The fourth-order valence-corrected chi connectivity index (χ4v) is 2.75. The van der Waals surface area contributed by atoms with E-state index in [0.29, 0.717) is 17.0 Å². The third-order valence-corrected chi connectivity index (χ3v) is 3.91. The van der Waals surface area contributed by atoms with Gasteiger partial charge < -0.3 is 5.73 Å². The summed E-state index contributed by atoms with van der Waals surface area (Å²) in [6.07, 6.45) is 3.15. The van der Waals surface area contributed by atoms with Gasteiger partial charge in [-0.25, -0.2) is 8.78 Å². The molecule has 3 heteroatoms. The van der Waals surface area contributed by atoms with Gasteiger partial charge in [0.15, 0.2) is 11.6 Å². The van der Waals surface area contributed by atoms with Crippen molar-refractivity contribution in [3.8, 4) is 0 Å². The van der Waals surface area contributed by atoms with Gasteiger partial charge in [-0.2, -0.15) is 0 Å². The van der Waals surface area contributed by atoms with Crippen molar-refractivity contribution in [3.05, 3.63) is 34.9 Å². The lowest BCUT2D eigenvalue weighted by atomic mass is 9.91. The Morgan fingerprint density at radius 1 is 1.24 bits per heavy atom. The van der Waals surface area contributed by atoms with E-state index in [1.54, 1.807) is 19.1 Å². The maximum atomic E-state index is 13.8. The first-order valence-electron chi connectivity index (χ1n) is 6.20. The summed E-state index contributed by atoms with van der Waals surface area (Å²) in [5.41, 5.74) is 6.73. The van der Waals surface area contributed by atoms with E-state index in [9.17, 15) is 8.78 Å². The van der Waals surface area contributed by atoms with Gasteiger partial charge in [0.2, 0.25) is 0 Å². The SMILES string of the molecule is Cc1ccc(C(N)C2CCC(C)C2)c(F)c1F. The number of benzene rings is 1. The molecule has 0 bridgehead atoms. The summed E-state index contributed by atoms with van der Waals surface area (Å²) in [6, 6.07) is 2.85. The zero-order chi connectivity index (χ0) is 12.6. The quantitative estimate of drug-likeness (QED) is 0.836. The molecule has 1 aromatic carbocycles. The molecular formula is C14H19F2N. The van der Waals surface area contributed by atoms with Gasteiger partial charge in [0.25, 0.3) is 0 Å². The molecule has 0 saturated heterocycles. The molecule has 1 aliphatic carbocycles. The first kappa shape index (κ1) is 12.5. The number of hydrogen-bond acceptors (Lipinski definition) is 1. The summed E-state index contributed by atoms with van der Waals surface area (Å²) in [6.45, 7) is 3.74. The van der Waals surface area contributed by atoms with Gasteiger partial charge in [0.1, 0.15) is 0 Å². The highest BCUT2D eigenvalue weighted by Crippen LogP contribution is 2.38. The second-order valence-electron chi connectivity index (χ2n) is 5.30. The van der Waals surface area contributed by atoms with Crippen LogP contribution in [0.2, 0.25) is 0 Å². The second-order valence-corrected chi connectivity index (χ2v) is 5.30. The predicted octanol–water partition coefficient (Wildman–Crippen LogP) is 3.71. The molecular weight excluding hydrogens is 220 g/mol. The van der Waals surface area contributed by atoms with Gasteiger partial charge in [-0.3, -0.25) is 0 Å². The van der Waals surface area contributed by atoms with E-state index in [1.807, 2.05) is 0 Å². The molecule has 0 aromatic heterocycles. The van der Waals surface area contributed by atoms with Crippen molar-refractivity contribution in [1.29, 1.82) is 0 Å². The molecule has 1 fully saturated rings. The highest BCUT2D eigenvalue weighted by molar-refractivity contribution is 5.28. The van der Waals surface area contributed by atoms with Crippen molar-refractivity contribution in [3.63, 3.8) is 0 Å². The number of rotatable bonds is 2.